The highest BCUT2D eigenvalue weighted by molar-refractivity contribution is 8.03. The molecule has 2 aromatic heterocycles. The van der Waals surface area contributed by atoms with Gasteiger partial charge in [0.2, 0.25) is 0 Å². The van der Waals surface area contributed by atoms with E-state index in [2.05, 4.69) is 62.4 Å². The molecule has 2 aliphatic heterocycles. The number of anilines is 1. The van der Waals surface area contributed by atoms with Gasteiger partial charge in [-0.3, -0.25) is 14.5 Å². The van der Waals surface area contributed by atoms with Crippen LogP contribution in [0.15, 0.2) is 189 Å². The predicted molar refractivity (Wildman–Crippen MR) is 261 cm³/mol. The van der Waals surface area contributed by atoms with Crippen LogP contribution < -0.4 is 10.6 Å². The molecule has 2 atom stereocenters. The Balaban J connectivity index is 0.985. The van der Waals surface area contributed by atoms with Gasteiger partial charge in [0.1, 0.15) is 40.5 Å². The quantitative estimate of drug-likeness (QED) is 0.0239. The Morgan fingerprint density at radius 1 is 0.833 bits per heavy atom. The van der Waals surface area contributed by atoms with E-state index in [9.17, 15) is 14.4 Å². The second-order valence-electron chi connectivity index (χ2n) is 15.0. The maximum Gasteiger partial charge on any atom is 0.356 e. The van der Waals surface area contributed by atoms with Gasteiger partial charge in [-0.2, -0.15) is 0 Å². The van der Waals surface area contributed by atoms with Gasteiger partial charge in [0, 0.05) is 11.1 Å². The maximum absolute atomic E-state index is 14.5. The van der Waals surface area contributed by atoms with Crippen molar-refractivity contribution in [3.8, 4) is 0 Å². The van der Waals surface area contributed by atoms with Crippen LogP contribution in [0.25, 0.3) is 0 Å². The molecule has 1 saturated heterocycles. The number of carbonyl (C=O) groups excluding carboxylic acids is 3. The number of aromatic nitrogens is 3. The Morgan fingerprint density at radius 3 is 1.92 bits per heavy atom. The van der Waals surface area contributed by atoms with Crippen LogP contribution in [-0.4, -0.2) is 67.9 Å². The summed E-state index contributed by atoms with van der Waals surface area (Å²) in [6, 6.07) is 48.3. The van der Waals surface area contributed by atoms with Crippen LogP contribution in [0.1, 0.15) is 44.6 Å². The zero-order valence-corrected chi connectivity index (χ0v) is 38.8. The number of nitrogens with zero attached hydrogens (tertiary/aromatic N) is 5. The summed E-state index contributed by atoms with van der Waals surface area (Å²) in [5.74, 6) is -1.46. The fourth-order valence-corrected chi connectivity index (χ4v) is 11.5. The molecule has 4 heterocycles. The van der Waals surface area contributed by atoms with E-state index in [0.29, 0.717) is 16.5 Å². The highest BCUT2D eigenvalue weighted by Gasteiger charge is 2.55. The smallest absolute Gasteiger partial charge is 0.356 e. The third-order valence-electron chi connectivity index (χ3n) is 10.9. The molecule has 2 N–H and O–H groups in total. The number of thiazole rings is 1. The maximum atomic E-state index is 14.5. The molecule has 5 aromatic carbocycles. The fourth-order valence-electron chi connectivity index (χ4n) is 7.89. The van der Waals surface area contributed by atoms with Gasteiger partial charge < -0.3 is 20.2 Å². The Labute approximate surface area is 397 Å². The summed E-state index contributed by atoms with van der Waals surface area (Å²) >= 11 is 5.56. The zero-order chi connectivity index (χ0) is 45.5. The molecule has 1 fully saturated rings. The summed E-state index contributed by atoms with van der Waals surface area (Å²) in [5, 5.41) is 23.3. The molecule has 66 heavy (non-hydrogen) atoms. The molecule has 330 valence electrons. The lowest BCUT2D eigenvalue weighted by molar-refractivity contribution is -0.154. The SMILES string of the molecule is CON=C(C(=O)NC1C(=O)N2C(C(=O)OC(c3ccccc3)c3ccccc3)=C(C=CSc3nnc(C)s3)CSC12)c1csc(NC(c2ccccc2)(c2ccccc2)c2ccccc2)n1. The topological polar surface area (TPSA) is 148 Å². The van der Waals surface area contributed by atoms with Gasteiger partial charge in [-0.15, -0.1) is 33.3 Å². The van der Waals surface area contributed by atoms with Crippen LogP contribution in [0.3, 0.4) is 0 Å². The van der Waals surface area contributed by atoms with E-state index in [1.165, 1.54) is 58.2 Å². The third kappa shape index (κ3) is 9.17. The number of ether oxygens (including phenoxy) is 1. The van der Waals surface area contributed by atoms with Gasteiger partial charge in [0.15, 0.2) is 21.3 Å². The summed E-state index contributed by atoms with van der Waals surface area (Å²) in [4.78, 5) is 54.6. The van der Waals surface area contributed by atoms with E-state index in [4.69, 9.17) is 14.6 Å². The van der Waals surface area contributed by atoms with Gasteiger partial charge in [-0.1, -0.05) is 180 Å². The summed E-state index contributed by atoms with van der Waals surface area (Å²) in [6.07, 6.45) is 1.06. The van der Waals surface area contributed by atoms with Gasteiger partial charge >= 0.3 is 5.97 Å². The van der Waals surface area contributed by atoms with Crippen molar-refractivity contribution in [1.29, 1.82) is 0 Å². The average molecular weight is 948 g/mol. The first kappa shape index (κ1) is 44.4. The summed E-state index contributed by atoms with van der Waals surface area (Å²) in [7, 11) is 1.34. The predicted octanol–water partition coefficient (Wildman–Crippen LogP) is 9.35. The van der Waals surface area contributed by atoms with Gasteiger partial charge in [0.05, 0.1) is 0 Å². The summed E-state index contributed by atoms with van der Waals surface area (Å²) in [5.41, 5.74) is 4.47. The highest BCUT2D eigenvalue weighted by Crippen LogP contribution is 2.43. The third-order valence-corrected chi connectivity index (χ3v) is 14.7. The van der Waals surface area contributed by atoms with Crippen LogP contribution >= 0.6 is 46.2 Å². The van der Waals surface area contributed by atoms with Gasteiger partial charge in [-0.25, -0.2) is 9.78 Å². The van der Waals surface area contributed by atoms with E-state index in [0.717, 1.165) is 37.2 Å². The molecule has 2 aliphatic rings. The van der Waals surface area contributed by atoms with Gasteiger partial charge in [-0.05, 0) is 51.8 Å². The van der Waals surface area contributed by atoms with E-state index in [1.54, 1.807) is 11.5 Å². The van der Waals surface area contributed by atoms with E-state index in [1.807, 2.05) is 128 Å². The lowest BCUT2D eigenvalue weighted by Crippen LogP contribution is -2.71. The van der Waals surface area contributed by atoms with Crippen molar-refractivity contribution in [2.75, 3.05) is 18.2 Å². The zero-order valence-electron chi connectivity index (χ0n) is 35.5. The van der Waals surface area contributed by atoms with Crippen LogP contribution in [0.5, 0.6) is 0 Å². The molecule has 0 aliphatic carbocycles. The highest BCUT2D eigenvalue weighted by atomic mass is 32.2. The van der Waals surface area contributed by atoms with Crippen LogP contribution in [0, 0.1) is 6.92 Å². The van der Waals surface area contributed by atoms with Crippen LogP contribution in [-0.2, 0) is 29.5 Å². The lowest BCUT2D eigenvalue weighted by Gasteiger charge is -2.49. The first-order valence-electron chi connectivity index (χ1n) is 20.8. The molecule has 0 spiro atoms. The minimum absolute atomic E-state index is 0.108. The molecule has 16 heteroatoms. The number of β-lactam (4-membered cyclic amide) rings is 1. The van der Waals surface area contributed by atoms with E-state index in [-0.39, 0.29) is 17.1 Å². The van der Waals surface area contributed by atoms with Crippen LogP contribution in [0.4, 0.5) is 5.13 Å². The molecule has 9 rings (SSSR count). The number of carbonyl (C=O) groups is 3. The fraction of sp³-hybridized carbons (Fsp3) is 0.140. The minimum Gasteiger partial charge on any atom is -0.448 e. The average Bonchev–Trinajstić information content (AvgIpc) is 4.02. The minimum atomic E-state index is -0.992. The molecule has 0 bridgehead atoms. The molecule has 0 radical (unpaired) electrons. The lowest BCUT2D eigenvalue weighted by atomic mass is 9.77. The Hall–Kier alpha value is -6.85. The van der Waals surface area contributed by atoms with Gasteiger partial charge in [0.25, 0.3) is 11.8 Å². The monoisotopic (exact) mass is 947 g/mol. The van der Waals surface area contributed by atoms with Crippen molar-refractivity contribution in [3.05, 3.63) is 218 Å². The Kier molecular flexibility index (Phi) is 13.5. The number of oxime groups is 1. The number of benzene rings is 5. The van der Waals surface area contributed by atoms with Crippen molar-refractivity contribution in [1.82, 2.24) is 25.4 Å². The van der Waals surface area contributed by atoms with E-state index < -0.39 is 40.8 Å². The molecular weight excluding hydrogens is 907 g/mol. The second kappa shape index (κ2) is 20.1. The number of aryl methyl sites for hydroxylation is 1. The van der Waals surface area contributed by atoms with Crippen molar-refractivity contribution in [2.45, 2.75) is 34.3 Å². The van der Waals surface area contributed by atoms with Crippen LogP contribution in [0.2, 0.25) is 0 Å². The molecule has 2 amide bonds. The molecular formula is C50H41N7O5S4. The number of allylic oxidation sites excluding steroid dienone is 1. The Morgan fingerprint density at radius 2 is 1.39 bits per heavy atom. The van der Waals surface area contributed by atoms with Crippen molar-refractivity contribution in [3.63, 3.8) is 0 Å². The summed E-state index contributed by atoms with van der Waals surface area (Å²) < 4.78 is 7.07. The van der Waals surface area contributed by atoms with Crippen molar-refractivity contribution in [2.24, 2.45) is 5.16 Å². The molecule has 0 saturated carbocycles. The Bertz CT molecular complexity index is 2780. The second-order valence-corrected chi connectivity index (χ2v) is 19.3. The van der Waals surface area contributed by atoms with Crippen molar-refractivity contribution >= 4 is 74.8 Å². The largest absolute Gasteiger partial charge is 0.448 e. The first-order chi connectivity index (χ1) is 32.3. The number of esters is 1. The first-order valence-corrected chi connectivity index (χ1v) is 24.4. The number of rotatable bonds is 16. The number of hydrogen-bond acceptors (Lipinski definition) is 14. The number of hydrogen-bond donors (Lipinski definition) is 2. The summed E-state index contributed by atoms with van der Waals surface area (Å²) in [6.45, 7) is 1.88. The molecule has 12 nitrogen and oxygen atoms in total. The standard InChI is InChI=1S/C50H41N7O5S4/c1-32-54-55-49(66-32)63-29-28-35-30-64-46-41(45(59)57(46)42(35)47(60)62-43(33-18-8-3-9-19-33)34-20-10-4-11-21-34)52-44(58)40(56-61-2)39-31-65-48(51-39)53-50(36-22-12-5-13-23-36,37-24-14-6-15-25-37)38-26-16-7-17-27-38/h3-29,31,41,43,46H,30H2,1-2H3,(H,51,53)(H,52,58). The molecule has 7 aromatic rings. The number of nitrogens with one attached hydrogen (secondary N) is 2. The number of fused-ring (bicyclic) bond motifs is 1. The normalized spacial score (nSPS) is 16.2. The van der Waals surface area contributed by atoms with Crippen molar-refractivity contribution < 1.29 is 24.0 Å². The number of amides is 2. The number of thioether (sulfide) groups is 2. The molecule has 2 unspecified atom stereocenters. The van der Waals surface area contributed by atoms with E-state index >= 15 is 0 Å².